The molecule has 8 heteroatoms. The minimum Gasteiger partial charge on any atom is -0.334 e. The number of aromatic amines is 1. The Hall–Kier alpha value is -2.61. The normalized spacial score (nSPS) is 12.3. The van der Waals surface area contributed by atoms with Crippen LogP contribution >= 0.6 is 0 Å². The molecule has 0 unspecified atom stereocenters. The molecular formula is C21H21F3N2O2S. The zero-order valence-electron chi connectivity index (χ0n) is 16.0. The number of nitrogens with one attached hydrogen (secondary N) is 1. The maximum absolute atomic E-state index is 13.6. The highest BCUT2D eigenvalue weighted by Crippen LogP contribution is 2.37. The van der Waals surface area contributed by atoms with Crippen LogP contribution in [0.3, 0.4) is 0 Å². The quantitative estimate of drug-likeness (QED) is 0.570. The van der Waals surface area contributed by atoms with Crippen molar-refractivity contribution in [3.8, 4) is 22.6 Å². The summed E-state index contributed by atoms with van der Waals surface area (Å²) in [5, 5.41) is 0. The van der Waals surface area contributed by atoms with Crippen LogP contribution in [0.2, 0.25) is 0 Å². The van der Waals surface area contributed by atoms with Crippen LogP contribution in [0.15, 0.2) is 53.4 Å². The summed E-state index contributed by atoms with van der Waals surface area (Å²) in [5.74, 6) is 0.113. The highest BCUT2D eigenvalue weighted by molar-refractivity contribution is 7.90. The summed E-state index contributed by atoms with van der Waals surface area (Å²) in [6, 6.07) is 12.5. The lowest BCUT2D eigenvalue weighted by Gasteiger charge is -2.07. The second-order valence-corrected chi connectivity index (χ2v) is 8.92. The van der Waals surface area contributed by atoms with Gasteiger partial charge in [0.25, 0.3) is 0 Å². The fourth-order valence-electron chi connectivity index (χ4n) is 2.99. The average Bonchev–Trinajstić information content (AvgIpc) is 3.12. The average molecular weight is 422 g/mol. The van der Waals surface area contributed by atoms with Crippen molar-refractivity contribution in [3.63, 3.8) is 0 Å². The third-order valence-corrected chi connectivity index (χ3v) is 5.72. The van der Waals surface area contributed by atoms with Gasteiger partial charge in [-0.05, 0) is 30.5 Å². The Labute approximate surface area is 167 Å². The number of rotatable bonds is 6. The first-order valence-electron chi connectivity index (χ1n) is 9.16. The van der Waals surface area contributed by atoms with Gasteiger partial charge in [-0.15, -0.1) is 0 Å². The van der Waals surface area contributed by atoms with E-state index in [1.165, 1.54) is 24.3 Å². The highest BCUT2D eigenvalue weighted by Gasteiger charge is 2.37. The van der Waals surface area contributed by atoms with Crippen LogP contribution in [0.5, 0.6) is 0 Å². The van der Waals surface area contributed by atoms with E-state index in [0.29, 0.717) is 5.56 Å². The maximum atomic E-state index is 13.6. The van der Waals surface area contributed by atoms with E-state index in [0.717, 1.165) is 31.1 Å². The number of H-pyrrole nitrogens is 1. The van der Waals surface area contributed by atoms with E-state index < -0.39 is 21.7 Å². The van der Waals surface area contributed by atoms with Crippen LogP contribution in [0, 0.1) is 0 Å². The number of benzene rings is 2. The third-order valence-electron chi connectivity index (χ3n) is 4.59. The Kier molecular flexibility index (Phi) is 5.84. The Morgan fingerprint density at radius 3 is 2.07 bits per heavy atom. The van der Waals surface area contributed by atoms with Crippen LogP contribution in [-0.2, 0) is 22.4 Å². The van der Waals surface area contributed by atoms with Gasteiger partial charge in [-0.2, -0.15) is 13.2 Å². The molecule has 1 N–H and O–H groups in total. The lowest BCUT2D eigenvalue weighted by atomic mass is 10.1. The molecule has 29 heavy (non-hydrogen) atoms. The molecule has 0 atom stereocenters. The van der Waals surface area contributed by atoms with E-state index >= 15 is 0 Å². The number of alkyl halides is 3. The Morgan fingerprint density at radius 1 is 0.966 bits per heavy atom. The lowest BCUT2D eigenvalue weighted by molar-refractivity contribution is -0.140. The van der Waals surface area contributed by atoms with Gasteiger partial charge >= 0.3 is 6.18 Å². The van der Waals surface area contributed by atoms with Crippen molar-refractivity contribution in [1.82, 2.24) is 9.97 Å². The molecule has 1 heterocycles. The van der Waals surface area contributed by atoms with Gasteiger partial charge in [-0.25, -0.2) is 13.4 Å². The molecule has 0 aliphatic carbocycles. The number of halogens is 3. The first-order chi connectivity index (χ1) is 13.6. The van der Waals surface area contributed by atoms with E-state index in [1.54, 1.807) is 12.1 Å². The lowest BCUT2D eigenvalue weighted by Crippen LogP contribution is -2.07. The van der Waals surface area contributed by atoms with Gasteiger partial charge < -0.3 is 4.98 Å². The Bertz CT molecular complexity index is 1080. The van der Waals surface area contributed by atoms with Gasteiger partial charge in [0, 0.05) is 17.4 Å². The van der Waals surface area contributed by atoms with Crippen molar-refractivity contribution in [3.05, 3.63) is 59.8 Å². The fraction of sp³-hybridized carbons (Fsp3) is 0.286. The molecule has 0 saturated carbocycles. The molecule has 0 fully saturated rings. The molecule has 0 aliphatic rings. The SMILES string of the molecule is CCCCc1ccc(-c2nc(-c3ccc(S(C)(=O)=O)cc3)c(C(F)(F)F)[nH]2)cc1. The molecule has 4 nitrogen and oxygen atoms in total. The van der Waals surface area contributed by atoms with Crippen LogP contribution in [0.4, 0.5) is 13.2 Å². The molecule has 1 aromatic heterocycles. The number of aryl methyl sites for hydroxylation is 1. The summed E-state index contributed by atoms with van der Waals surface area (Å²) in [7, 11) is -3.44. The second kappa shape index (κ2) is 8.02. The van der Waals surface area contributed by atoms with Crippen molar-refractivity contribution < 1.29 is 21.6 Å². The Balaban J connectivity index is 2.01. The molecule has 0 bridgehead atoms. The number of sulfone groups is 1. The number of hydrogen-bond acceptors (Lipinski definition) is 3. The van der Waals surface area contributed by atoms with Crippen LogP contribution in [-0.4, -0.2) is 24.6 Å². The number of imidazole rings is 1. The summed E-state index contributed by atoms with van der Waals surface area (Å²) in [6.07, 6.45) is -0.555. The standard InChI is InChI=1S/C21H21F3N2O2S/c1-3-4-5-14-6-8-16(9-7-14)20-25-18(19(26-20)21(22,23)24)15-10-12-17(13-11-15)29(2,27)28/h6-13H,3-5H2,1-2H3,(H,25,26). The van der Waals surface area contributed by atoms with Gasteiger partial charge in [0.15, 0.2) is 9.84 Å². The minimum atomic E-state index is -4.63. The first kappa shape index (κ1) is 21.1. The Morgan fingerprint density at radius 2 is 1.55 bits per heavy atom. The number of unbranched alkanes of at least 4 members (excludes halogenated alkanes) is 1. The van der Waals surface area contributed by atoms with E-state index in [1.807, 2.05) is 12.1 Å². The molecule has 0 saturated heterocycles. The van der Waals surface area contributed by atoms with E-state index in [2.05, 4.69) is 16.9 Å². The summed E-state index contributed by atoms with van der Waals surface area (Å²) in [6.45, 7) is 2.10. The topological polar surface area (TPSA) is 62.8 Å². The maximum Gasteiger partial charge on any atom is 0.433 e. The number of nitrogens with zero attached hydrogens (tertiary/aromatic N) is 1. The molecule has 2 aromatic carbocycles. The zero-order chi connectivity index (χ0) is 21.2. The van der Waals surface area contributed by atoms with Crippen molar-refractivity contribution in [2.45, 2.75) is 37.3 Å². The van der Waals surface area contributed by atoms with E-state index in [9.17, 15) is 21.6 Å². The predicted octanol–water partition coefficient (Wildman–Crippen LogP) is 5.51. The van der Waals surface area contributed by atoms with Crippen molar-refractivity contribution in [1.29, 1.82) is 0 Å². The van der Waals surface area contributed by atoms with Gasteiger partial charge in [0.05, 0.1) is 4.90 Å². The highest BCUT2D eigenvalue weighted by atomic mass is 32.2. The van der Waals surface area contributed by atoms with Crippen LogP contribution in [0.1, 0.15) is 31.0 Å². The molecule has 3 rings (SSSR count). The van der Waals surface area contributed by atoms with Gasteiger partial charge in [0.1, 0.15) is 17.2 Å². The number of aromatic nitrogens is 2. The zero-order valence-corrected chi connectivity index (χ0v) is 16.9. The summed E-state index contributed by atoms with van der Waals surface area (Å²) in [4.78, 5) is 6.60. The van der Waals surface area contributed by atoms with Crippen molar-refractivity contribution >= 4 is 9.84 Å². The van der Waals surface area contributed by atoms with E-state index in [4.69, 9.17) is 0 Å². The minimum absolute atomic E-state index is 0.0354. The summed E-state index contributed by atoms with van der Waals surface area (Å²) in [5.41, 5.74) is 0.633. The second-order valence-electron chi connectivity index (χ2n) is 6.90. The summed E-state index contributed by atoms with van der Waals surface area (Å²) < 4.78 is 63.9. The number of hydrogen-bond donors (Lipinski definition) is 1. The van der Waals surface area contributed by atoms with Crippen molar-refractivity contribution in [2.24, 2.45) is 0 Å². The molecule has 3 aromatic rings. The molecule has 154 valence electrons. The first-order valence-corrected chi connectivity index (χ1v) is 11.1. The monoisotopic (exact) mass is 422 g/mol. The predicted molar refractivity (Wildman–Crippen MR) is 106 cm³/mol. The van der Waals surface area contributed by atoms with Crippen molar-refractivity contribution in [2.75, 3.05) is 6.26 Å². The molecule has 0 aliphatic heterocycles. The summed E-state index contributed by atoms with van der Waals surface area (Å²) >= 11 is 0. The molecule has 0 amide bonds. The largest absolute Gasteiger partial charge is 0.433 e. The van der Waals surface area contributed by atoms with E-state index in [-0.39, 0.29) is 22.0 Å². The molecule has 0 spiro atoms. The third kappa shape index (κ3) is 4.87. The smallest absolute Gasteiger partial charge is 0.334 e. The van der Waals surface area contributed by atoms with Gasteiger partial charge in [-0.1, -0.05) is 49.7 Å². The van der Waals surface area contributed by atoms with Gasteiger partial charge in [0.2, 0.25) is 0 Å². The van der Waals surface area contributed by atoms with Gasteiger partial charge in [-0.3, -0.25) is 0 Å². The molecular weight excluding hydrogens is 401 g/mol. The molecule has 0 radical (unpaired) electrons. The van der Waals surface area contributed by atoms with Crippen LogP contribution < -0.4 is 0 Å². The van der Waals surface area contributed by atoms with Crippen LogP contribution in [0.25, 0.3) is 22.6 Å². The fourth-order valence-corrected chi connectivity index (χ4v) is 3.62.